The maximum absolute atomic E-state index is 12.8. The van der Waals surface area contributed by atoms with Crippen LogP contribution < -0.4 is 10.2 Å². The Labute approximate surface area is 123 Å². The molecule has 1 heterocycles. The summed E-state index contributed by atoms with van der Waals surface area (Å²) in [7, 11) is 0. The highest BCUT2D eigenvalue weighted by Gasteiger charge is 2.31. The van der Waals surface area contributed by atoms with E-state index in [9.17, 15) is 9.18 Å². The summed E-state index contributed by atoms with van der Waals surface area (Å²) >= 11 is 0. The maximum atomic E-state index is 12.8. The summed E-state index contributed by atoms with van der Waals surface area (Å²) in [6, 6.07) is 15.9. The van der Waals surface area contributed by atoms with Crippen molar-refractivity contribution in [2.45, 2.75) is 19.0 Å². The second-order valence-corrected chi connectivity index (χ2v) is 5.17. The molecule has 2 aromatic rings. The minimum absolute atomic E-state index is 0.100. The third-order valence-electron chi connectivity index (χ3n) is 3.74. The first-order chi connectivity index (χ1) is 10.2. The maximum Gasteiger partial charge on any atom is 0.244 e. The number of anilines is 1. The molecule has 1 amide bonds. The second kappa shape index (κ2) is 6.06. The van der Waals surface area contributed by atoms with Gasteiger partial charge in [0.05, 0.1) is 6.04 Å². The van der Waals surface area contributed by atoms with Crippen molar-refractivity contribution in [2.24, 2.45) is 0 Å². The molecule has 1 aliphatic heterocycles. The molecule has 0 radical (unpaired) electrons. The summed E-state index contributed by atoms with van der Waals surface area (Å²) in [6.07, 6.45) is 0.787. The van der Waals surface area contributed by atoms with Crippen LogP contribution in [0.2, 0.25) is 0 Å². The van der Waals surface area contributed by atoms with E-state index in [2.05, 4.69) is 5.32 Å². The van der Waals surface area contributed by atoms with Crippen LogP contribution in [-0.2, 0) is 11.3 Å². The summed E-state index contributed by atoms with van der Waals surface area (Å²) in [6.45, 7) is 1.29. The zero-order chi connectivity index (χ0) is 14.7. The lowest BCUT2D eigenvalue weighted by Gasteiger charge is -2.17. The van der Waals surface area contributed by atoms with Crippen molar-refractivity contribution in [3.8, 4) is 0 Å². The fourth-order valence-electron chi connectivity index (χ4n) is 2.58. The molecule has 0 aromatic heterocycles. The van der Waals surface area contributed by atoms with Crippen LogP contribution in [0.15, 0.2) is 54.6 Å². The van der Waals surface area contributed by atoms with E-state index >= 15 is 0 Å². The lowest BCUT2D eigenvalue weighted by molar-refractivity contribution is -0.118. The molecule has 0 spiro atoms. The quantitative estimate of drug-likeness (QED) is 0.936. The molecule has 108 valence electrons. The molecule has 1 unspecified atom stereocenters. The molecule has 0 bridgehead atoms. The van der Waals surface area contributed by atoms with Crippen molar-refractivity contribution in [1.29, 1.82) is 0 Å². The largest absolute Gasteiger partial charge is 0.311 e. The van der Waals surface area contributed by atoms with Crippen molar-refractivity contribution in [1.82, 2.24) is 5.32 Å². The van der Waals surface area contributed by atoms with Gasteiger partial charge in [0.1, 0.15) is 5.82 Å². The fraction of sp³-hybridized carbons (Fsp3) is 0.235. The molecule has 1 aliphatic rings. The average molecular weight is 284 g/mol. The minimum atomic E-state index is -0.244. The van der Waals surface area contributed by atoms with Gasteiger partial charge in [0.25, 0.3) is 0 Å². The number of carbonyl (C=O) groups excluding carboxylic acids is 1. The van der Waals surface area contributed by atoms with Gasteiger partial charge in [-0.2, -0.15) is 0 Å². The highest BCUT2D eigenvalue weighted by atomic mass is 19.1. The van der Waals surface area contributed by atoms with Crippen molar-refractivity contribution in [2.75, 3.05) is 11.4 Å². The lowest BCUT2D eigenvalue weighted by Crippen LogP contribution is -2.37. The third-order valence-corrected chi connectivity index (χ3v) is 3.74. The Bertz CT molecular complexity index is 612. The van der Waals surface area contributed by atoms with Crippen molar-refractivity contribution in [3.05, 3.63) is 66.0 Å². The van der Waals surface area contributed by atoms with E-state index in [1.54, 1.807) is 12.1 Å². The van der Waals surface area contributed by atoms with Gasteiger partial charge in [-0.3, -0.25) is 4.79 Å². The van der Waals surface area contributed by atoms with Crippen molar-refractivity contribution < 1.29 is 9.18 Å². The molecule has 0 saturated carbocycles. The Morgan fingerprint density at radius 2 is 1.81 bits per heavy atom. The summed E-state index contributed by atoms with van der Waals surface area (Å²) < 4.78 is 12.8. The fourth-order valence-corrected chi connectivity index (χ4v) is 2.58. The SMILES string of the molecule is O=C1C(NCc2ccc(F)cc2)CCN1c1ccccc1. The monoisotopic (exact) mass is 284 g/mol. The molecule has 2 aromatic carbocycles. The molecule has 3 nitrogen and oxygen atoms in total. The third kappa shape index (κ3) is 3.11. The van der Waals surface area contributed by atoms with Gasteiger partial charge >= 0.3 is 0 Å². The topological polar surface area (TPSA) is 32.3 Å². The summed E-state index contributed by atoms with van der Waals surface area (Å²) in [5.41, 5.74) is 1.91. The Hall–Kier alpha value is -2.20. The minimum Gasteiger partial charge on any atom is -0.311 e. The van der Waals surface area contributed by atoms with Gasteiger partial charge in [-0.05, 0) is 36.2 Å². The predicted molar refractivity (Wildman–Crippen MR) is 80.4 cm³/mol. The number of nitrogens with zero attached hydrogens (tertiary/aromatic N) is 1. The van der Waals surface area contributed by atoms with E-state index in [4.69, 9.17) is 0 Å². The molecule has 21 heavy (non-hydrogen) atoms. The first-order valence-corrected chi connectivity index (χ1v) is 7.08. The van der Waals surface area contributed by atoms with E-state index in [1.165, 1.54) is 12.1 Å². The van der Waals surface area contributed by atoms with Crippen LogP contribution in [0.25, 0.3) is 0 Å². The van der Waals surface area contributed by atoms with E-state index < -0.39 is 0 Å². The van der Waals surface area contributed by atoms with E-state index in [0.29, 0.717) is 6.54 Å². The molecule has 1 saturated heterocycles. The summed E-state index contributed by atoms with van der Waals surface area (Å²) in [5.74, 6) is -0.144. The van der Waals surface area contributed by atoms with Crippen LogP contribution in [0.5, 0.6) is 0 Å². The molecule has 1 fully saturated rings. The van der Waals surface area contributed by atoms with Gasteiger partial charge in [0, 0.05) is 18.8 Å². The predicted octanol–water partition coefficient (Wildman–Crippen LogP) is 2.72. The lowest BCUT2D eigenvalue weighted by atomic mass is 10.2. The number of para-hydroxylation sites is 1. The number of hydrogen-bond acceptors (Lipinski definition) is 2. The molecule has 1 atom stereocenters. The van der Waals surface area contributed by atoms with Crippen molar-refractivity contribution >= 4 is 11.6 Å². The van der Waals surface area contributed by atoms with Gasteiger partial charge in [-0.1, -0.05) is 30.3 Å². The van der Waals surface area contributed by atoms with Gasteiger partial charge in [0.2, 0.25) is 5.91 Å². The Kier molecular flexibility index (Phi) is 3.97. The summed E-state index contributed by atoms with van der Waals surface area (Å²) in [4.78, 5) is 14.2. The van der Waals surface area contributed by atoms with Gasteiger partial charge in [-0.25, -0.2) is 4.39 Å². The molecule has 4 heteroatoms. The zero-order valence-corrected chi connectivity index (χ0v) is 11.6. The Balaban J connectivity index is 1.61. The molecular weight excluding hydrogens is 267 g/mol. The van der Waals surface area contributed by atoms with E-state index in [1.807, 2.05) is 35.2 Å². The van der Waals surface area contributed by atoms with E-state index in [-0.39, 0.29) is 17.8 Å². The number of rotatable bonds is 4. The number of benzene rings is 2. The molecular formula is C17H17FN2O. The van der Waals surface area contributed by atoms with Gasteiger partial charge < -0.3 is 10.2 Å². The average Bonchev–Trinajstić information content (AvgIpc) is 2.89. The summed E-state index contributed by atoms with van der Waals surface area (Å²) in [5, 5.41) is 3.25. The highest BCUT2D eigenvalue weighted by molar-refractivity contribution is 5.99. The van der Waals surface area contributed by atoms with Crippen molar-refractivity contribution in [3.63, 3.8) is 0 Å². The van der Waals surface area contributed by atoms with Gasteiger partial charge in [0.15, 0.2) is 0 Å². The number of hydrogen-bond donors (Lipinski definition) is 1. The Morgan fingerprint density at radius 1 is 1.10 bits per heavy atom. The number of carbonyl (C=O) groups is 1. The zero-order valence-electron chi connectivity index (χ0n) is 11.6. The normalized spacial score (nSPS) is 18.2. The van der Waals surface area contributed by atoms with Gasteiger partial charge in [-0.15, -0.1) is 0 Å². The number of amides is 1. The Morgan fingerprint density at radius 3 is 2.52 bits per heavy atom. The van der Waals surface area contributed by atoms with Crippen LogP contribution in [0.4, 0.5) is 10.1 Å². The van der Waals surface area contributed by atoms with Crippen LogP contribution in [0, 0.1) is 5.82 Å². The highest BCUT2D eigenvalue weighted by Crippen LogP contribution is 2.21. The number of halogens is 1. The van der Waals surface area contributed by atoms with Crippen LogP contribution in [0.1, 0.15) is 12.0 Å². The smallest absolute Gasteiger partial charge is 0.244 e. The first kappa shape index (κ1) is 13.8. The van der Waals surface area contributed by atoms with E-state index in [0.717, 1.165) is 24.2 Å². The number of nitrogens with one attached hydrogen (secondary N) is 1. The van der Waals surface area contributed by atoms with Crippen LogP contribution in [-0.4, -0.2) is 18.5 Å². The van der Waals surface area contributed by atoms with Crippen LogP contribution in [0.3, 0.4) is 0 Å². The standard InChI is InChI=1S/C17H17FN2O/c18-14-8-6-13(7-9-14)12-19-16-10-11-20(17(16)21)15-4-2-1-3-5-15/h1-9,16,19H,10-12H2. The second-order valence-electron chi connectivity index (χ2n) is 5.17. The molecule has 3 rings (SSSR count). The molecule has 0 aliphatic carbocycles. The molecule has 1 N–H and O–H groups in total. The first-order valence-electron chi connectivity index (χ1n) is 7.08. The van der Waals surface area contributed by atoms with Crippen LogP contribution >= 0.6 is 0 Å².